The van der Waals surface area contributed by atoms with E-state index in [0.717, 1.165) is 12.2 Å². The molecule has 1 aromatic carbocycles. The Morgan fingerprint density at radius 1 is 1.35 bits per heavy atom. The Bertz CT molecular complexity index is 453. The summed E-state index contributed by atoms with van der Waals surface area (Å²) in [6, 6.07) is 8.10. The molecule has 1 aliphatic heterocycles. The lowest BCUT2D eigenvalue weighted by Gasteiger charge is -2.15. The lowest BCUT2D eigenvalue weighted by molar-refractivity contribution is -0.115. The molecule has 108 valence electrons. The number of nitrogens with one attached hydrogen (secondary N) is 2. The zero-order valence-corrected chi connectivity index (χ0v) is 11.9. The van der Waals surface area contributed by atoms with Crippen LogP contribution in [-0.2, 0) is 11.3 Å². The lowest BCUT2D eigenvalue weighted by Crippen LogP contribution is -2.28. The molecule has 1 aliphatic rings. The standard InChI is InChI=1S/C16H23N3O/c1-2-8-17-12-16(20)18-15-7-5-6-14(11-15)13-19-9-3-4-10-19/h2,5-7,11,17H,1,3-4,8-10,12-13H2,(H,18,20). The molecule has 0 unspecified atom stereocenters. The van der Waals surface area contributed by atoms with Gasteiger partial charge in [0, 0.05) is 18.8 Å². The number of likely N-dealkylation sites (tertiary alicyclic amines) is 1. The highest BCUT2D eigenvalue weighted by Crippen LogP contribution is 2.16. The monoisotopic (exact) mass is 273 g/mol. The molecular formula is C16H23N3O. The molecule has 1 saturated heterocycles. The van der Waals surface area contributed by atoms with Gasteiger partial charge in [-0.2, -0.15) is 0 Å². The van der Waals surface area contributed by atoms with Crippen LogP contribution in [0.1, 0.15) is 18.4 Å². The third-order valence-electron chi connectivity index (χ3n) is 3.39. The summed E-state index contributed by atoms with van der Waals surface area (Å²) in [6.07, 6.45) is 4.33. The Hall–Kier alpha value is -1.65. The number of hydrogen-bond acceptors (Lipinski definition) is 3. The molecule has 4 nitrogen and oxygen atoms in total. The first-order chi connectivity index (χ1) is 9.78. The number of carbonyl (C=O) groups excluding carboxylic acids is 1. The zero-order valence-electron chi connectivity index (χ0n) is 11.9. The molecule has 4 heteroatoms. The fourth-order valence-electron chi connectivity index (χ4n) is 2.44. The number of benzene rings is 1. The van der Waals surface area contributed by atoms with Crippen molar-refractivity contribution in [3.05, 3.63) is 42.5 Å². The van der Waals surface area contributed by atoms with Gasteiger partial charge in [0.15, 0.2) is 0 Å². The molecule has 0 spiro atoms. The molecule has 1 fully saturated rings. The lowest BCUT2D eigenvalue weighted by atomic mass is 10.2. The van der Waals surface area contributed by atoms with Gasteiger partial charge in [-0.15, -0.1) is 6.58 Å². The van der Waals surface area contributed by atoms with Crippen LogP contribution in [0.4, 0.5) is 5.69 Å². The average Bonchev–Trinajstić information content (AvgIpc) is 2.92. The largest absolute Gasteiger partial charge is 0.325 e. The van der Waals surface area contributed by atoms with Crippen molar-refractivity contribution in [3.8, 4) is 0 Å². The van der Waals surface area contributed by atoms with Gasteiger partial charge in [-0.1, -0.05) is 18.2 Å². The Balaban J connectivity index is 1.85. The maximum absolute atomic E-state index is 11.7. The van der Waals surface area contributed by atoms with E-state index in [1.54, 1.807) is 6.08 Å². The van der Waals surface area contributed by atoms with Crippen molar-refractivity contribution < 1.29 is 4.79 Å². The average molecular weight is 273 g/mol. The van der Waals surface area contributed by atoms with Crippen LogP contribution < -0.4 is 10.6 Å². The van der Waals surface area contributed by atoms with Gasteiger partial charge >= 0.3 is 0 Å². The third kappa shape index (κ3) is 4.79. The smallest absolute Gasteiger partial charge is 0.238 e. The predicted octanol–water partition coefficient (Wildman–Crippen LogP) is 2.00. The van der Waals surface area contributed by atoms with Crippen LogP contribution in [0.5, 0.6) is 0 Å². The number of amides is 1. The molecule has 0 atom stereocenters. The molecular weight excluding hydrogens is 250 g/mol. The van der Waals surface area contributed by atoms with E-state index in [1.807, 2.05) is 12.1 Å². The molecule has 0 radical (unpaired) electrons. The SMILES string of the molecule is C=CCNCC(=O)Nc1cccc(CN2CCCC2)c1. The topological polar surface area (TPSA) is 44.4 Å². The summed E-state index contributed by atoms with van der Waals surface area (Å²) in [5, 5.41) is 5.90. The molecule has 0 aliphatic carbocycles. The minimum atomic E-state index is -0.0230. The maximum Gasteiger partial charge on any atom is 0.238 e. The van der Waals surface area contributed by atoms with Crippen LogP contribution in [0, 0.1) is 0 Å². The van der Waals surface area contributed by atoms with E-state index < -0.39 is 0 Å². The van der Waals surface area contributed by atoms with Crippen molar-refractivity contribution in [1.29, 1.82) is 0 Å². The number of hydrogen-bond donors (Lipinski definition) is 2. The number of nitrogens with zero attached hydrogens (tertiary/aromatic N) is 1. The molecule has 1 heterocycles. The Morgan fingerprint density at radius 2 is 2.15 bits per heavy atom. The minimum absolute atomic E-state index is 0.0230. The molecule has 0 bridgehead atoms. The molecule has 1 amide bonds. The van der Waals surface area contributed by atoms with Crippen LogP contribution in [0.25, 0.3) is 0 Å². The van der Waals surface area contributed by atoms with E-state index in [2.05, 4.69) is 34.2 Å². The highest BCUT2D eigenvalue weighted by molar-refractivity contribution is 5.92. The van der Waals surface area contributed by atoms with Gasteiger partial charge in [-0.25, -0.2) is 0 Å². The van der Waals surface area contributed by atoms with Gasteiger partial charge < -0.3 is 10.6 Å². The number of anilines is 1. The van der Waals surface area contributed by atoms with E-state index in [0.29, 0.717) is 13.1 Å². The Morgan fingerprint density at radius 3 is 2.90 bits per heavy atom. The fraction of sp³-hybridized carbons (Fsp3) is 0.438. The highest BCUT2D eigenvalue weighted by atomic mass is 16.1. The summed E-state index contributed by atoms with van der Waals surface area (Å²) < 4.78 is 0. The predicted molar refractivity (Wildman–Crippen MR) is 82.6 cm³/mol. The Labute approximate surface area is 120 Å². The van der Waals surface area contributed by atoms with Gasteiger partial charge in [0.2, 0.25) is 5.91 Å². The van der Waals surface area contributed by atoms with E-state index in [4.69, 9.17) is 0 Å². The van der Waals surface area contributed by atoms with Crippen molar-refractivity contribution in [2.75, 3.05) is 31.5 Å². The minimum Gasteiger partial charge on any atom is -0.325 e. The number of rotatable bonds is 7. The van der Waals surface area contributed by atoms with Gasteiger partial charge in [0.25, 0.3) is 0 Å². The van der Waals surface area contributed by atoms with Crippen molar-refractivity contribution in [2.45, 2.75) is 19.4 Å². The van der Waals surface area contributed by atoms with Gasteiger partial charge in [-0.05, 0) is 43.6 Å². The first kappa shape index (κ1) is 14.8. The van der Waals surface area contributed by atoms with Gasteiger partial charge in [-0.3, -0.25) is 9.69 Å². The van der Waals surface area contributed by atoms with Gasteiger partial charge in [0.05, 0.1) is 6.54 Å². The van der Waals surface area contributed by atoms with E-state index >= 15 is 0 Å². The van der Waals surface area contributed by atoms with Crippen molar-refractivity contribution in [1.82, 2.24) is 10.2 Å². The van der Waals surface area contributed by atoms with Crippen molar-refractivity contribution in [2.24, 2.45) is 0 Å². The van der Waals surface area contributed by atoms with Gasteiger partial charge in [0.1, 0.15) is 0 Å². The number of carbonyl (C=O) groups is 1. The summed E-state index contributed by atoms with van der Waals surface area (Å²) in [6.45, 7) is 7.89. The van der Waals surface area contributed by atoms with E-state index in [9.17, 15) is 4.79 Å². The first-order valence-electron chi connectivity index (χ1n) is 7.20. The molecule has 2 rings (SSSR count). The van der Waals surface area contributed by atoms with Crippen LogP contribution in [0.3, 0.4) is 0 Å². The van der Waals surface area contributed by atoms with Crippen LogP contribution in [0.2, 0.25) is 0 Å². The fourth-order valence-corrected chi connectivity index (χ4v) is 2.44. The summed E-state index contributed by atoms with van der Waals surface area (Å²) in [4.78, 5) is 14.2. The quantitative estimate of drug-likeness (QED) is 0.590. The van der Waals surface area contributed by atoms with Crippen LogP contribution in [0.15, 0.2) is 36.9 Å². The Kier molecular flexibility index (Phi) is 5.77. The zero-order chi connectivity index (χ0) is 14.2. The first-order valence-corrected chi connectivity index (χ1v) is 7.20. The van der Waals surface area contributed by atoms with Crippen LogP contribution in [-0.4, -0.2) is 37.0 Å². The maximum atomic E-state index is 11.7. The molecule has 20 heavy (non-hydrogen) atoms. The summed E-state index contributed by atoms with van der Waals surface area (Å²) in [7, 11) is 0. The summed E-state index contributed by atoms with van der Waals surface area (Å²) >= 11 is 0. The van der Waals surface area contributed by atoms with Crippen molar-refractivity contribution in [3.63, 3.8) is 0 Å². The molecule has 2 N–H and O–H groups in total. The van der Waals surface area contributed by atoms with Crippen LogP contribution >= 0.6 is 0 Å². The second-order valence-electron chi connectivity index (χ2n) is 5.15. The molecule has 1 aromatic rings. The molecule has 0 saturated carbocycles. The molecule has 0 aromatic heterocycles. The highest BCUT2D eigenvalue weighted by Gasteiger charge is 2.11. The van der Waals surface area contributed by atoms with E-state index in [1.165, 1.54) is 31.5 Å². The van der Waals surface area contributed by atoms with E-state index in [-0.39, 0.29) is 5.91 Å². The second kappa shape index (κ2) is 7.82. The van der Waals surface area contributed by atoms with Crippen molar-refractivity contribution >= 4 is 11.6 Å². The summed E-state index contributed by atoms with van der Waals surface area (Å²) in [5.74, 6) is -0.0230. The normalized spacial score (nSPS) is 15.2. The third-order valence-corrected chi connectivity index (χ3v) is 3.39. The second-order valence-corrected chi connectivity index (χ2v) is 5.15. The summed E-state index contributed by atoms with van der Waals surface area (Å²) in [5.41, 5.74) is 2.12.